The third-order valence-electron chi connectivity index (χ3n) is 7.33. The zero-order valence-electron chi connectivity index (χ0n) is 19.8. The zero-order chi connectivity index (χ0) is 22.7. The Bertz CT molecular complexity index is 951. The quantitative estimate of drug-likeness (QED) is 0.494. The number of ether oxygens (including phenoxy) is 1. The number of carboxylic acids is 1. The first-order chi connectivity index (χ1) is 15.4. The van der Waals surface area contributed by atoms with Crippen LogP contribution in [0.2, 0.25) is 5.02 Å². The van der Waals surface area contributed by atoms with Crippen molar-refractivity contribution in [3.05, 3.63) is 64.2 Å². The van der Waals surface area contributed by atoms with E-state index in [1.807, 2.05) is 18.0 Å². The lowest BCUT2D eigenvalue weighted by molar-refractivity contribution is -0.142. The van der Waals surface area contributed by atoms with Gasteiger partial charge in [-0.15, -0.1) is 24.8 Å². The molecule has 2 aliphatic rings. The Hall–Kier alpha value is -1.50. The highest BCUT2D eigenvalue weighted by Crippen LogP contribution is 2.48. The Morgan fingerprint density at radius 1 is 1.18 bits per heavy atom. The molecule has 1 fully saturated rings. The molecule has 1 unspecified atom stereocenters. The van der Waals surface area contributed by atoms with E-state index < -0.39 is 12.0 Å². The maximum atomic E-state index is 11.3. The van der Waals surface area contributed by atoms with Crippen molar-refractivity contribution >= 4 is 48.1 Å². The van der Waals surface area contributed by atoms with Gasteiger partial charge >= 0.3 is 5.97 Å². The summed E-state index contributed by atoms with van der Waals surface area (Å²) >= 11 is 6.30. The van der Waals surface area contributed by atoms with Gasteiger partial charge in [-0.1, -0.05) is 29.8 Å². The first-order valence-electron chi connectivity index (χ1n) is 11.6. The summed E-state index contributed by atoms with van der Waals surface area (Å²) in [5.41, 5.74) is 5.23. The van der Waals surface area contributed by atoms with Crippen molar-refractivity contribution in [1.82, 2.24) is 4.90 Å². The van der Waals surface area contributed by atoms with E-state index >= 15 is 0 Å². The average molecular weight is 530 g/mol. The minimum atomic E-state index is -0.776. The van der Waals surface area contributed by atoms with Crippen LogP contribution in [0.5, 0.6) is 0 Å². The molecule has 4 rings (SSSR count). The van der Waals surface area contributed by atoms with Gasteiger partial charge in [0.05, 0.1) is 13.2 Å². The predicted octanol–water partition coefficient (Wildman–Crippen LogP) is 5.44. The van der Waals surface area contributed by atoms with Crippen LogP contribution in [0.3, 0.4) is 0 Å². The Morgan fingerprint density at radius 3 is 2.50 bits per heavy atom. The van der Waals surface area contributed by atoms with Gasteiger partial charge in [0.2, 0.25) is 0 Å². The molecule has 188 valence electrons. The standard InChI is InChI=1S/C26H33ClN2O3.2ClH/c1-19(25(30)31)28(2)13-3-11-26(12-10-20-18-22(27)6-9-24(20)26)21-4-7-23(8-5-21)29-14-16-32-17-15-29;;/h4-9,18-19H,3,10-17H2,1-2H3,(H,30,31);2*1H/t19-,26?;;/m0../s1. The molecule has 1 aliphatic carbocycles. The largest absolute Gasteiger partial charge is 0.480 e. The number of carbonyl (C=O) groups is 1. The number of aliphatic carboxylic acids is 1. The molecule has 0 saturated carbocycles. The Balaban J connectivity index is 0.00000204. The van der Waals surface area contributed by atoms with Gasteiger partial charge in [0, 0.05) is 29.2 Å². The Morgan fingerprint density at radius 2 is 1.85 bits per heavy atom. The molecule has 1 aliphatic heterocycles. The van der Waals surface area contributed by atoms with Gasteiger partial charge in [0.15, 0.2) is 0 Å². The van der Waals surface area contributed by atoms with Crippen molar-refractivity contribution < 1.29 is 14.6 Å². The summed E-state index contributed by atoms with van der Waals surface area (Å²) in [5, 5.41) is 10.1. The van der Waals surface area contributed by atoms with Crippen molar-refractivity contribution in [2.24, 2.45) is 0 Å². The van der Waals surface area contributed by atoms with Crippen LogP contribution < -0.4 is 4.90 Å². The first-order valence-corrected chi connectivity index (χ1v) is 11.9. The molecule has 0 aromatic heterocycles. The number of rotatable bonds is 8. The summed E-state index contributed by atoms with van der Waals surface area (Å²) in [5.74, 6) is -0.776. The van der Waals surface area contributed by atoms with Gasteiger partial charge < -0.3 is 14.7 Å². The van der Waals surface area contributed by atoms with E-state index in [1.54, 1.807) is 6.92 Å². The van der Waals surface area contributed by atoms with E-state index in [4.69, 9.17) is 16.3 Å². The van der Waals surface area contributed by atoms with Crippen LogP contribution in [-0.2, 0) is 21.4 Å². The maximum absolute atomic E-state index is 11.3. The normalized spacial score (nSPS) is 20.3. The molecule has 0 radical (unpaired) electrons. The molecule has 5 nitrogen and oxygen atoms in total. The Kier molecular flexibility index (Phi) is 10.5. The number of halogens is 3. The zero-order valence-corrected chi connectivity index (χ0v) is 22.2. The van der Waals surface area contributed by atoms with Gasteiger partial charge in [-0.25, -0.2) is 0 Å². The van der Waals surface area contributed by atoms with E-state index in [9.17, 15) is 9.90 Å². The maximum Gasteiger partial charge on any atom is 0.320 e. The van der Waals surface area contributed by atoms with Gasteiger partial charge in [-0.2, -0.15) is 0 Å². The summed E-state index contributed by atoms with van der Waals surface area (Å²) in [6.45, 7) is 5.92. The van der Waals surface area contributed by atoms with Gasteiger partial charge in [0.1, 0.15) is 6.04 Å². The molecule has 1 N–H and O–H groups in total. The van der Waals surface area contributed by atoms with Crippen LogP contribution in [-0.4, -0.2) is 61.9 Å². The van der Waals surface area contributed by atoms with Crippen LogP contribution in [0.15, 0.2) is 42.5 Å². The highest BCUT2D eigenvalue weighted by Gasteiger charge is 2.40. The number of nitrogens with zero attached hydrogens (tertiary/aromatic N) is 2. The van der Waals surface area contributed by atoms with E-state index in [2.05, 4.69) is 41.3 Å². The summed E-state index contributed by atoms with van der Waals surface area (Å²) in [4.78, 5) is 15.6. The second-order valence-corrected chi connectivity index (χ2v) is 9.56. The lowest BCUT2D eigenvalue weighted by Crippen LogP contribution is -2.37. The fourth-order valence-corrected chi connectivity index (χ4v) is 5.44. The van der Waals surface area contributed by atoms with Crippen molar-refractivity contribution in [2.45, 2.75) is 44.1 Å². The second-order valence-electron chi connectivity index (χ2n) is 9.13. The van der Waals surface area contributed by atoms with Crippen LogP contribution in [0.1, 0.15) is 42.9 Å². The Labute approximate surface area is 220 Å². The van der Waals surface area contributed by atoms with Crippen molar-refractivity contribution in [1.29, 1.82) is 0 Å². The molecule has 34 heavy (non-hydrogen) atoms. The molecule has 1 heterocycles. The number of likely N-dealkylation sites (N-methyl/N-ethyl adjacent to an activating group) is 1. The second kappa shape index (κ2) is 12.5. The first kappa shape index (κ1) is 28.7. The molecule has 2 atom stereocenters. The van der Waals surface area contributed by atoms with Crippen LogP contribution in [0.25, 0.3) is 0 Å². The number of fused-ring (bicyclic) bond motifs is 1. The fraction of sp³-hybridized carbons (Fsp3) is 0.500. The highest BCUT2D eigenvalue weighted by molar-refractivity contribution is 6.30. The number of hydrogen-bond donors (Lipinski definition) is 1. The molecular weight excluding hydrogens is 495 g/mol. The molecule has 1 saturated heterocycles. The van der Waals surface area contributed by atoms with Crippen LogP contribution in [0, 0.1) is 0 Å². The minimum Gasteiger partial charge on any atom is -0.480 e. The lowest BCUT2D eigenvalue weighted by atomic mass is 9.72. The average Bonchev–Trinajstić information content (AvgIpc) is 3.17. The molecule has 2 aromatic carbocycles. The smallest absolute Gasteiger partial charge is 0.320 e. The summed E-state index contributed by atoms with van der Waals surface area (Å²) in [6.07, 6.45) is 3.98. The van der Waals surface area contributed by atoms with Gasteiger partial charge in [-0.05, 0) is 87.2 Å². The van der Waals surface area contributed by atoms with E-state index in [-0.39, 0.29) is 30.2 Å². The molecule has 8 heteroatoms. The fourth-order valence-electron chi connectivity index (χ4n) is 5.25. The predicted molar refractivity (Wildman–Crippen MR) is 143 cm³/mol. The molecular formula is C26H35Cl3N2O3. The monoisotopic (exact) mass is 528 g/mol. The number of morpholine rings is 1. The third-order valence-corrected chi connectivity index (χ3v) is 7.57. The summed E-state index contributed by atoms with van der Waals surface area (Å²) in [6, 6.07) is 14.9. The van der Waals surface area contributed by atoms with E-state index in [1.165, 1.54) is 22.4 Å². The molecule has 2 aromatic rings. The SMILES string of the molecule is C[C@@H](C(=O)O)N(C)CCCC1(c2ccc(N3CCOCC3)cc2)CCc2cc(Cl)ccc21.Cl.Cl. The molecule has 0 bridgehead atoms. The third kappa shape index (κ3) is 6.00. The number of benzene rings is 2. The van der Waals surface area contributed by atoms with Crippen molar-refractivity contribution in [3.8, 4) is 0 Å². The topological polar surface area (TPSA) is 53.0 Å². The van der Waals surface area contributed by atoms with E-state index in [0.717, 1.165) is 63.6 Å². The molecule has 0 spiro atoms. The number of anilines is 1. The van der Waals surface area contributed by atoms with Gasteiger partial charge in [0.25, 0.3) is 0 Å². The summed E-state index contributed by atoms with van der Waals surface area (Å²) < 4.78 is 5.49. The number of hydrogen-bond acceptors (Lipinski definition) is 4. The van der Waals surface area contributed by atoms with Gasteiger partial charge in [-0.3, -0.25) is 9.69 Å². The number of carboxylic acid groups (broad SMARTS) is 1. The summed E-state index contributed by atoms with van der Waals surface area (Å²) in [7, 11) is 1.89. The highest BCUT2D eigenvalue weighted by atomic mass is 35.5. The molecule has 0 amide bonds. The van der Waals surface area contributed by atoms with Crippen molar-refractivity contribution in [2.75, 3.05) is 44.8 Å². The minimum absolute atomic E-state index is 0. The van der Waals surface area contributed by atoms with E-state index in [0.29, 0.717) is 0 Å². The van der Waals surface area contributed by atoms with Crippen molar-refractivity contribution in [3.63, 3.8) is 0 Å². The number of aryl methyl sites for hydroxylation is 1. The lowest BCUT2D eigenvalue weighted by Gasteiger charge is -2.34. The van der Waals surface area contributed by atoms with Crippen LogP contribution in [0.4, 0.5) is 5.69 Å². The van der Waals surface area contributed by atoms with Crippen LogP contribution >= 0.6 is 36.4 Å².